The quantitative estimate of drug-likeness (QED) is 0.287. The minimum atomic E-state index is -3.93. The van der Waals surface area contributed by atoms with Crippen molar-refractivity contribution in [1.82, 2.24) is 15.0 Å². The molecule has 4 aromatic rings. The molecule has 0 radical (unpaired) electrons. The molecular formula is C27H29ClN6O3S. The van der Waals surface area contributed by atoms with Crippen LogP contribution in [0.15, 0.2) is 59.6 Å². The Labute approximate surface area is 226 Å². The number of anilines is 2. The summed E-state index contributed by atoms with van der Waals surface area (Å²) in [4.78, 5) is 13.7. The summed E-state index contributed by atoms with van der Waals surface area (Å²) in [5.41, 5.74) is 9.41. The van der Waals surface area contributed by atoms with E-state index in [1.165, 1.54) is 19.2 Å². The highest BCUT2D eigenvalue weighted by atomic mass is 35.5. The predicted molar refractivity (Wildman–Crippen MR) is 150 cm³/mol. The van der Waals surface area contributed by atoms with Gasteiger partial charge in [-0.05, 0) is 74.1 Å². The molecule has 0 saturated heterocycles. The first-order chi connectivity index (χ1) is 18.2. The number of rotatable bonds is 7. The maximum Gasteiger partial charge on any atom is 0.264 e. The van der Waals surface area contributed by atoms with Crippen molar-refractivity contribution in [1.29, 1.82) is 0 Å². The van der Waals surface area contributed by atoms with Crippen molar-refractivity contribution in [2.45, 2.75) is 49.6 Å². The molecule has 0 aliphatic heterocycles. The van der Waals surface area contributed by atoms with Crippen molar-refractivity contribution in [3.8, 4) is 17.0 Å². The molecule has 9 nitrogen and oxygen atoms in total. The largest absolute Gasteiger partial charge is 0.480 e. The van der Waals surface area contributed by atoms with Gasteiger partial charge in [0, 0.05) is 29.2 Å². The van der Waals surface area contributed by atoms with Crippen LogP contribution in [0.2, 0.25) is 5.02 Å². The second-order valence-corrected chi connectivity index (χ2v) is 11.5. The molecular weight excluding hydrogens is 524 g/mol. The van der Waals surface area contributed by atoms with E-state index in [1.54, 1.807) is 24.3 Å². The Hall–Kier alpha value is -3.47. The van der Waals surface area contributed by atoms with E-state index in [0.29, 0.717) is 17.6 Å². The van der Waals surface area contributed by atoms with Crippen LogP contribution in [0.5, 0.6) is 5.88 Å². The Morgan fingerprint density at radius 1 is 1.00 bits per heavy atom. The average Bonchev–Trinajstić information content (AvgIpc) is 2.90. The number of pyridine rings is 1. The summed E-state index contributed by atoms with van der Waals surface area (Å²) in [5.74, 6) is 1.01. The fourth-order valence-electron chi connectivity index (χ4n) is 4.76. The SMILES string of the molecule is COc1nc(NS(=O)(=O)c2ccccc2Cl)ccc1-c1ccc2nc(NC3CCC(N)CC3)ncc2c1C. The van der Waals surface area contributed by atoms with Gasteiger partial charge in [-0.2, -0.15) is 4.98 Å². The second-order valence-electron chi connectivity index (χ2n) is 9.41. The summed E-state index contributed by atoms with van der Waals surface area (Å²) in [5, 5.41) is 4.48. The fourth-order valence-corrected chi connectivity index (χ4v) is 6.29. The van der Waals surface area contributed by atoms with Crippen molar-refractivity contribution in [2.75, 3.05) is 17.1 Å². The molecule has 5 rings (SSSR count). The summed E-state index contributed by atoms with van der Waals surface area (Å²) in [7, 11) is -2.44. The standard InChI is InChI=1S/C27H29ClN6O3S/c1-16-19(11-13-23-21(16)15-30-27(32-23)31-18-9-7-17(29)8-10-18)20-12-14-25(33-26(20)37-2)34-38(35,36)24-6-4-3-5-22(24)28/h3-6,11-15,17-18H,7-10,29H2,1-2H3,(H,33,34)(H,30,31,32). The van der Waals surface area contributed by atoms with Crippen LogP contribution in [0.4, 0.5) is 11.8 Å². The number of sulfonamides is 1. The number of hydrogen-bond acceptors (Lipinski definition) is 8. The van der Waals surface area contributed by atoms with Gasteiger partial charge in [0.1, 0.15) is 10.7 Å². The van der Waals surface area contributed by atoms with Crippen molar-refractivity contribution in [3.05, 3.63) is 65.3 Å². The monoisotopic (exact) mass is 552 g/mol. The Morgan fingerprint density at radius 2 is 1.74 bits per heavy atom. The highest BCUT2D eigenvalue weighted by molar-refractivity contribution is 7.92. The molecule has 38 heavy (non-hydrogen) atoms. The molecule has 1 saturated carbocycles. The van der Waals surface area contributed by atoms with Gasteiger partial charge in [0.2, 0.25) is 11.8 Å². The van der Waals surface area contributed by atoms with Gasteiger partial charge in [-0.15, -0.1) is 0 Å². The van der Waals surface area contributed by atoms with Crippen LogP contribution < -0.4 is 20.5 Å². The lowest BCUT2D eigenvalue weighted by Crippen LogP contribution is -2.33. The number of ether oxygens (including phenoxy) is 1. The number of methoxy groups -OCH3 is 1. The van der Waals surface area contributed by atoms with Crippen LogP contribution in [0.1, 0.15) is 31.2 Å². The number of nitrogens with zero attached hydrogens (tertiary/aromatic N) is 3. The number of nitrogens with one attached hydrogen (secondary N) is 2. The molecule has 1 aliphatic carbocycles. The summed E-state index contributed by atoms with van der Waals surface area (Å²) in [6, 6.07) is 14.1. The predicted octanol–water partition coefficient (Wildman–Crippen LogP) is 5.14. The first-order valence-corrected chi connectivity index (χ1v) is 14.2. The fraction of sp³-hybridized carbons (Fsp3) is 0.296. The molecule has 198 valence electrons. The molecule has 11 heteroatoms. The lowest BCUT2D eigenvalue weighted by atomic mass is 9.92. The Balaban J connectivity index is 1.41. The number of benzene rings is 2. The molecule has 0 amide bonds. The number of aromatic nitrogens is 3. The number of fused-ring (bicyclic) bond motifs is 1. The van der Waals surface area contributed by atoms with Gasteiger partial charge in [0.15, 0.2) is 0 Å². The topological polar surface area (TPSA) is 132 Å². The van der Waals surface area contributed by atoms with Gasteiger partial charge < -0.3 is 15.8 Å². The molecule has 0 unspecified atom stereocenters. The molecule has 0 spiro atoms. The number of halogens is 1. The van der Waals surface area contributed by atoms with Gasteiger partial charge in [-0.1, -0.05) is 29.8 Å². The van der Waals surface area contributed by atoms with Gasteiger partial charge in [0.25, 0.3) is 10.0 Å². The molecule has 2 heterocycles. The van der Waals surface area contributed by atoms with E-state index >= 15 is 0 Å². The van der Waals surface area contributed by atoms with Gasteiger partial charge >= 0.3 is 0 Å². The molecule has 0 bridgehead atoms. The number of hydrogen-bond donors (Lipinski definition) is 3. The zero-order valence-corrected chi connectivity index (χ0v) is 22.7. The summed E-state index contributed by atoms with van der Waals surface area (Å²) >= 11 is 6.08. The minimum absolute atomic E-state index is 0.0298. The van der Waals surface area contributed by atoms with E-state index in [0.717, 1.165) is 47.7 Å². The third kappa shape index (κ3) is 5.38. The van der Waals surface area contributed by atoms with E-state index in [2.05, 4.69) is 20.0 Å². The first kappa shape index (κ1) is 26.1. The van der Waals surface area contributed by atoms with Crippen molar-refractivity contribution in [2.24, 2.45) is 5.73 Å². The third-order valence-corrected chi connectivity index (χ3v) is 8.70. The highest BCUT2D eigenvalue weighted by Crippen LogP contribution is 2.35. The lowest BCUT2D eigenvalue weighted by Gasteiger charge is -2.26. The zero-order chi connectivity index (χ0) is 26.9. The normalized spacial score (nSPS) is 17.8. The summed E-state index contributed by atoms with van der Waals surface area (Å²) in [6.07, 6.45) is 5.85. The van der Waals surface area contributed by atoms with Crippen molar-refractivity contribution >= 4 is 44.3 Å². The van der Waals surface area contributed by atoms with Gasteiger partial charge in [-0.25, -0.2) is 18.4 Å². The molecule has 1 aliphatic rings. The van der Waals surface area contributed by atoms with E-state index in [1.807, 2.05) is 25.3 Å². The Kier molecular flexibility index (Phi) is 7.38. The maximum absolute atomic E-state index is 12.8. The third-order valence-electron chi connectivity index (χ3n) is 6.85. The van der Waals surface area contributed by atoms with E-state index in [9.17, 15) is 8.42 Å². The molecule has 1 fully saturated rings. The van der Waals surface area contributed by atoms with Crippen molar-refractivity contribution < 1.29 is 13.2 Å². The smallest absolute Gasteiger partial charge is 0.264 e. The molecule has 4 N–H and O–H groups in total. The maximum atomic E-state index is 12.8. The Bertz CT molecular complexity index is 1590. The first-order valence-electron chi connectivity index (χ1n) is 12.4. The summed E-state index contributed by atoms with van der Waals surface area (Å²) in [6.45, 7) is 1.99. The van der Waals surface area contributed by atoms with Crippen LogP contribution in [0.25, 0.3) is 22.0 Å². The van der Waals surface area contributed by atoms with Crippen molar-refractivity contribution in [3.63, 3.8) is 0 Å². The molecule has 0 atom stereocenters. The number of nitrogens with two attached hydrogens (primary N) is 1. The second kappa shape index (κ2) is 10.7. The van der Waals surface area contributed by atoms with Crippen LogP contribution in [-0.4, -0.2) is 42.6 Å². The van der Waals surface area contributed by atoms with Gasteiger partial charge in [0.05, 0.1) is 17.6 Å². The zero-order valence-electron chi connectivity index (χ0n) is 21.1. The Morgan fingerprint density at radius 3 is 2.47 bits per heavy atom. The summed E-state index contributed by atoms with van der Waals surface area (Å²) < 4.78 is 33.7. The van der Waals surface area contributed by atoms with Crippen LogP contribution >= 0.6 is 11.6 Å². The van der Waals surface area contributed by atoms with Crippen LogP contribution in [0, 0.1) is 6.92 Å². The van der Waals surface area contributed by atoms with E-state index in [4.69, 9.17) is 27.1 Å². The highest BCUT2D eigenvalue weighted by Gasteiger charge is 2.21. The van der Waals surface area contributed by atoms with Crippen LogP contribution in [-0.2, 0) is 10.0 Å². The average molecular weight is 553 g/mol. The molecule has 2 aromatic heterocycles. The van der Waals surface area contributed by atoms with E-state index < -0.39 is 10.0 Å². The van der Waals surface area contributed by atoms with Gasteiger partial charge in [-0.3, -0.25) is 4.72 Å². The van der Waals surface area contributed by atoms with Crippen LogP contribution in [0.3, 0.4) is 0 Å². The number of aryl methyl sites for hydroxylation is 1. The van der Waals surface area contributed by atoms with E-state index in [-0.39, 0.29) is 27.7 Å². The minimum Gasteiger partial charge on any atom is -0.480 e. The molecule has 2 aromatic carbocycles. The lowest BCUT2D eigenvalue weighted by molar-refractivity contribution is 0.400.